The quantitative estimate of drug-likeness (QED) is 0.795. The summed E-state index contributed by atoms with van der Waals surface area (Å²) in [5, 5.41) is 6.52. The summed E-state index contributed by atoms with van der Waals surface area (Å²) in [7, 11) is 0. The van der Waals surface area contributed by atoms with Crippen LogP contribution in [0.2, 0.25) is 0 Å². The first-order valence-corrected chi connectivity index (χ1v) is 7.26. The summed E-state index contributed by atoms with van der Waals surface area (Å²) in [6, 6.07) is 0.596. The van der Waals surface area contributed by atoms with Crippen LogP contribution in [0, 0.1) is 11.8 Å². The maximum atomic E-state index is 12.2. The summed E-state index contributed by atoms with van der Waals surface area (Å²) in [4.78, 5) is 12.2. The molecule has 4 nitrogen and oxygen atoms in total. The van der Waals surface area contributed by atoms with Crippen LogP contribution < -0.4 is 10.6 Å². The Morgan fingerprint density at radius 1 is 1.33 bits per heavy atom. The summed E-state index contributed by atoms with van der Waals surface area (Å²) >= 11 is 0. The SMILES string of the molecule is CC1OC(C)C(C(=O)NCC[C@@H]2CCCN2)C1C. The van der Waals surface area contributed by atoms with E-state index in [4.69, 9.17) is 4.74 Å². The highest BCUT2D eigenvalue weighted by Crippen LogP contribution is 2.32. The monoisotopic (exact) mass is 254 g/mol. The fraction of sp³-hybridized carbons (Fsp3) is 0.929. The number of carbonyl (C=O) groups excluding carboxylic acids is 1. The Kier molecular flexibility index (Phi) is 4.62. The van der Waals surface area contributed by atoms with Crippen molar-refractivity contribution >= 4 is 5.91 Å². The van der Waals surface area contributed by atoms with E-state index in [1.165, 1.54) is 12.8 Å². The van der Waals surface area contributed by atoms with Gasteiger partial charge in [0.05, 0.1) is 18.1 Å². The molecule has 2 N–H and O–H groups in total. The third-order valence-electron chi connectivity index (χ3n) is 4.50. The molecule has 5 atom stereocenters. The van der Waals surface area contributed by atoms with Crippen LogP contribution in [0.1, 0.15) is 40.0 Å². The molecular weight excluding hydrogens is 228 g/mol. The highest BCUT2D eigenvalue weighted by Gasteiger charge is 2.41. The largest absolute Gasteiger partial charge is 0.374 e. The van der Waals surface area contributed by atoms with Crippen LogP contribution in [-0.2, 0) is 9.53 Å². The van der Waals surface area contributed by atoms with Crippen LogP contribution in [0.4, 0.5) is 0 Å². The second kappa shape index (κ2) is 6.02. The molecule has 0 spiro atoms. The molecule has 4 unspecified atom stereocenters. The highest BCUT2D eigenvalue weighted by atomic mass is 16.5. The van der Waals surface area contributed by atoms with E-state index in [2.05, 4.69) is 24.5 Å². The van der Waals surface area contributed by atoms with Crippen LogP contribution in [0.15, 0.2) is 0 Å². The van der Waals surface area contributed by atoms with Crippen LogP contribution in [0.5, 0.6) is 0 Å². The van der Waals surface area contributed by atoms with E-state index in [-0.39, 0.29) is 24.0 Å². The Labute approximate surface area is 110 Å². The molecular formula is C14H26N2O2. The van der Waals surface area contributed by atoms with Crippen molar-refractivity contribution in [2.45, 2.75) is 58.3 Å². The van der Waals surface area contributed by atoms with Crippen molar-refractivity contribution in [3.63, 3.8) is 0 Å². The van der Waals surface area contributed by atoms with E-state index in [1.54, 1.807) is 0 Å². The predicted molar refractivity (Wildman–Crippen MR) is 71.3 cm³/mol. The van der Waals surface area contributed by atoms with Crippen molar-refractivity contribution in [1.29, 1.82) is 0 Å². The lowest BCUT2D eigenvalue weighted by Gasteiger charge is -2.18. The Balaban J connectivity index is 1.73. The molecule has 2 fully saturated rings. The molecule has 1 amide bonds. The fourth-order valence-corrected chi connectivity index (χ4v) is 3.21. The van der Waals surface area contributed by atoms with Crippen LogP contribution in [-0.4, -0.2) is 37.2 Å². The third-order valence-corrected chi connectivity index (χ3v) is 4.50. The second-order valence-electron chi connectivity index (χ2n) is 5.80. The van der Waals surface area contributed by atoms with Gasteiger partial charge in [-0.3, -0.25) is 4.79 Å². The van der Waals surface area contributed by atoms with E-state index in [0.29, 0.717) is 12.0 Å². The number of hydrogen-bond acceptors (Lipinski definition) is 3. The molecule has 0 aromatic rings. The normalized spacial score (nSPS) is 40.1. The van der Waals surface area contributed by atoms with Gasteiger partial charge in [-0.05, 0) is 45.6 Å². The molecule has 2 aliphatic rings. The van der Waals surface area contributed by atoms with E-state index in [0.717, 1.165) is 19.5 Å². The third kappa shape index (κ3) is 3.04. The summed E-state index contributed by atoms with van der Waals surface area (Å²) in [6.45, 7) is 8.07. The molecule has 2 saturated heterocycles. The Bertz CT molecular complexity index is 290. The molecule has 4 heteroatoms. The van der Waals surface area contributed by atoms with Crippen molar-refractivity contribution < 1.29 is 9.53 Å². The molecule has 0 saturated carbocycles. The number of hydrogen-bond donors (Lipinski definition) is 2. The van der Waals surface area contributed by atoms with Gasteiger partial charge in [0.2, 0.25) is 5.91 Å². The average molecular weight is 254 g/mol. The zero-order valence-electron chi connectivity index (χ0n) is 11.7. The molecule has 2 aliphatic heterocycles. The van der Waals surface area contributed by atoms with Crippen molar-refractivity contribution in [1.82, 2.24) is 10.6 Å². The molecule has 104 valence electrons. The van der Waals surface area contributed by atoms with Gasteiger partial charge >= 0.3 is 0 Å². The molecule has 18 heavy (non-hydrogen) atoms. The number of nitrogens with one attached hydrogen (secondary N) is 2. The predicted octanol–water partition coefficient (Wildman–Crippen LogP) is 1.30. The van der Waals surface area contributed by atoms with Gasteiger partial charge in [0.1, 0.15) is 0 Å². The topological polar surface area (TPSA) is 50.4 Å². The standard InChI is InChI=1S/C14H26N2O2/c1-9-10(2)18-11(3)13(9)14(17)16-8-6-12-5-4-7-15-12/h9-13,15H,4-8H2,1-3H3,(H,16,17)/t9?,10?,11?,12-,13?/m0/s1. The lowest BCUT2D eigenvalue weighted by Crippen LogP contribution is -2.39. The van der Waals surface area contributed by atoms with Gasteiger partial charge in [-0.1, -0.05) is 6.92 Å². The molecule has 0 bridgehead atoms. The molecule has 2 heterocycles. The molecule has 0 aromatic carbocycles. The first-order chi connectivity index (χ1) is 8.59. The number of amides is 1. The Hall–Kier alpha value is -0.610. The lowest BCUT2D eigenvalue weighted by molar-refractivity contribution is -0.127. The van der Waals surface area contributed by atoms with Crippen molar-refractivity contribution in [2.24, 2.45) is 11.8 Å². The minimum absolute atomic E-state index is 0.0107. The summed E-state index contributed by atoms with van der Waals surface area (Å²) in [5.74, 6) is 0.485. The Morgan fingerprint density at radius 3 is 2.67 bits per heavy atom. The maximum Gasteiger partial charge on any atom is 0.226 e. The van der Waals surface area contributed by atoms with E-state index >= 15 is 0 Å². The van der Waals surface area contributed by atoms with Crippen LogP contribution >= 0.6 is 0 Å². The highest BCUT2D eigenvalue weighted by molar-refractivity contribution is 5.79. The van der Waals surface area contributed by atoms with Gasteiger partial charge in [-0.15, -0.1) is 0 Å². The van der Waals surface area contributed by atoms with Gasteiger partial charge < -0.3 is 15.4 Å². The molecule has 2 rings (SSSR count). The minimum Gasteiger partial charge on any atom is -0.374 e. The van der Waals surface area contributed by atoms with Gasteiger partial charge in [-0.2, -0.15) is 0 Å². The number of rotatable bonds is 4. The smallest absolute Gasteiger partial charge is 0.226 e. The van der Waals surface area contributed by atoms with Crippen LogP contribution in [0.3, 0.4) is 0 Å². The van der Waals surface area contributed by atoms with E-state index in [9.17, 15) is 4.79 Å². The zero-order valence-corrected chi connectivity index (χ0v) is 11.7. The van der Waals surface area contributed by atoms with Crippen molar-refractivity contribution in [3.05, 3.63) is 0 Å². The zero-order chi connectivity index (χ0) is 13.1. The summed E-state index contributed by atoms with van der Waals surface area (Å²) < 4.78 is 5.71. The van der Waals surface area contributed by atoms with Gasteiger partial charge in [0.15, 0.2) is 0 Å². The molecule has 0 radical (unpaired) electrons. The summed E-state index contributed by atoms with van der Waals surface area (Å²) in [6.07, 6.45) is 3.77. The van der Waals surface area contributed by atoms with Gasteiger partial charge in [0, 0.05) is 12.6 Å². The summed E-state index contributed by atoms with van der Waals surface area (Å²) in [5.41, 5.74) is 0. The molecule has 0 aromatic heterocycles. The first kappa shape index (κ1) is 13.8. The average Bonchev–Trinajstić information content (AvgIpc) is 2.89. The van der Waals surface area contributed by atoms with E-state index in [1.807, 2.05) is 6.92 Å². The second-order valence-corrected chi connectivity index (χ2v) is 5.80. The maximum absolute atomic E-state index is 12.2. The van der Waals surface area contributed by atoms with Crippen molar-refractivity contribution in [2.75, 3.05) is 13.1 Å². The molecule has 0 aliphatic carbocycles. The van der Waals surface area contributed by atoms with Gasteiger partial charge in [-0.25, -0.2) is 0 Å². The number of ether oxygens (including phenoxy) is 1. The Morgan fingerprint density at radius 2 is 2.11 bits per heavy atom. The fourth-order valence-electron chi connectivity index (χ4n) is 3.21. The van der Waals surface area contributed by atoms with E-state index < -0.39 is 0 Å². The number of carbonyl (C=O) groups is 1. The van der Waals surface area contributed by atoms with Crippen LogP contribution in [0.25, 0.3) is 0 Å². The van der Waals surface area contributed by atoms with Crippen molar-refractivity contribution in [3.8, 4) is 0 Å². The van der Waals surface area contributed by atoms with Gasteiger partial charge in [0.25, 0.3) is 0 Å². The first-order valence-electron chi connectivity index (χ1n) is 7.26. The lowest BCUT2D eigenvalue weighted by atomic mass is 9.89. The minimum atomic E-state index is 0.0107.